The first-order valence-corrected chi connectivity index (χ1v) is 6.52. The fraction of sp³-hybridized carbons (Fsp3) is 0.143. The second-order valence-corrected chi connectivity index (χ2v) is 4.93. The van der Waals surface area contributed by atoms with E-state index in [0.717, 1.165) is 6.07 Å². The molecule has 0 unspecified atom stereocenters. The van der Waals surface area contributed by atoms with Crippen LogP contribution < -0.4 is 10.5 Å². The Bertz CT molecular complexity index is 635. The van der Waals surface area contributed by atoms with Crippen molar-refractivity contribution in [3.05, 3.63) is 63.1 Å². The van der Waals surface area contributed by atoms with Crippen molar-refractivity contribution in [2.24, 2.45) is 5.73 Å². The molecule has 0 atom stereocenters. The van der Waals surface area contributed by atoms with Crippen molar-refractivity contribution in [3.63, 3.8) is 0 Å². The number of benzene rings is 2. The molecule has 0 fully saturated rings. The van der Waals surface area contributed by atoms with Gasteiger partial charge in [0.15, 0.2) is 11.6 Å². The first-order chi connectivity index (χ1) is 9.52. The Balaban J connectivity index is 2.25. The molecule has 106 valence electrons. The third-order valence-electron chi connectivity index (χ3n) is 2.71. The highest BCUT2D eigenvalue weighted by Crippen LogP contribution is 2.33. The second kappa shape index (κ2) is 6.39. The van der Waals surface area contributed by atoms with E-state index in [-0.39, 0.29) is 23.7 Å². The lowest BCUT2D eigenvalue weighted by atomic mass is 10.2. The summed E-state index contributed by atoms with van der Waals surface area (Å²) in [4.78, 5) is 0. The van der Waals surface area contributed by atoms with Crippen LogP contribution in [0.25, 0.3) is 0 Å². The van der Waals surface area contributed by atoms with Crippen molar-refractivity contribution in [1.29, 1.82) is 0 Å². The van der Waals surface area contributed by atoms with Crippen LogP contribution in [0, 0.1) is 11.6 Å². The zero-order valence-electron chi connectivity index (χ0n) is 10.3. The van der Waals surface area contributed by atoms with Gasteiger partial charge in [0.1, 0.15) is 12.4 Å². The van der Waals surface area contributed by atoms with E-state index >= 15 is 0 Å². The summed E-state index contributed by atoms with van der Waals surface area (Å²) in [6.45, 7) is 0.0131. The molecule has 20 heavy (non-hydrogen) atoms. The van der Waals surface area contributed by atoms with Crippen molar-refractivity contribution in [2.75, 3.05) is 0 Å². The minimum Gasteiger partial charge on any atom is -0.487 e. The molecule has 2 rings (SSSR count). The Labute approximate surface area is 125 Å². The third kappa shape index (κ3) is 3.20. The van der Waals surface area contributed by atoms with Crippen molar-refractivity contribution < 1.29 is 13.5 Å². The summed E-state index contributed by atoms with van der Waals surface area (Å²) >= 11 is 11.9. The monoisotopic (exact) mass is 317 g/mol. The highest BCUT2D eigenvalue weighted by Gasteiger charge is 2.12. The molecule has 0 amide bonds. The maximum absolute atomic E-state index is 13.5. The van der Waals surface area contributed by atoms with Crippen LogP contribution >= 0.6 is 23.2 Å². The molecule has 0 aliphatic rings. The van der Waals surface area contributed by atoms with Gasteiger partial charge in [-0.2, -0.15) is 0 Å². The second-order valence-electron chi connectivity index (χ2n) is 4.08. The number of rotatable bonds is 4. The van der Waals surface area contributed by atoms with Crippen LogP contribution in [0.5, 0.6) is 5.75 Å². The highest BCUT2D eigenvalue weighted by molar-refractivity contribution is 6.35. The smallest absolute Gasteiger partial charge is 0.165 e. The van der Waals surface area contributed by atoms with Crippen LogP contribution in [-0.4, -0.2) is 0 Å². The van der Waals surface area contributed by atoms with E-state index in [1.54, 1.807) is 6.07 Å². The summed E-state index contributed by atoms with van der Waals surface area (Å²) < 4.78 is 32.1. The minimum absolute atomic E-state index is 0.0963. The van der Waals surface area contributed by atoms with Gasteiger partial charge in [-0.25, -0.2) is 8.78 Å². The normalized spacial score (nSPS) is 10.7. The summed E-state index contributed by atoms with van der Waals surface area (Å²) in [5, 5.41) is 0.703. The Morgan fingerprint density at radius 1 is 1.10 bits per heavy atom. The number of halogens is 4. The molecule has 2 aromatic carbocycles. The van der Waals surface area contributed by atoms with E-state index in [1.165, 1.54) is 18.2 Å². The van der Waals surface area contributed by atoms with Crippen molar-refractivity contribution >= 4 is 23.2 Å². The van der Waals surface area contributed by atoms with E-state index in [4.69, 9.17) is 33.7 Å². The van der Waals surface area contributed by atoms with Gasteiger partial charge < -0.3 is 10.5 Å². The van der Waals surface area contributed by atoms with Crippen LogP contribution in [0.2, 0.25) is 10.0 Å². The first kappa shape index (κ1) is 15.0. The summed E-state index contributed by atoms with van der Waals surface area (Å²) in [6.07, 6.45) is 0. The van der Waals surface area contributed by atoms with Gasteiger partial charge in [-0.1, -0.05) is 35.3 Å². The molecule has 0 spiro atoms. The van der Waals surface area contributed by atoms with Gasteiger partial charge in [-0.3, -0.25) is 0 Å². The summed E-state index contributed by atoms with van der Waals surface area (Å²) in [7, 11) is 0. The van der Waals surface area contributed by atoms with E-state index in [9.17, 15) is 8.78 Å². The SMILES string of the molecule is NCc1cc(Cl)cc(Cl)c1OCc1cccc(F)c1F. The Hall–Kier alpha value is -1.36. The summed E-state index contributed by atoms with van der Waals surface area (Å²) in [5.41, 5.74) is 6.27. The van der Waals surface area contributed by atoms with Gasteiger partial charge in [0.05, 0.1) is 5.02 Å². The predicted octanol–water partition coefficient (Wildman–Crippen LogP) is 4.31. The Morgan fingerprint density at radius 3 is 2.55 bits per heavy atom. The van der Waals surface area contributed by atoms with Gasteiger partial charge in [0, 0.05) is 22.7 Å². The van der Waals surface area contributed by atoms with Crippen LogP contribution in [0.3, 0.4) is 0 Å². The fourth-order valence-electron chi connectivity index (χ4n) is 1.74. The molecule has 2 nitrogen and oxygen atoms in total. The van der Waals surface area contributed by atoms with E-state index in [2.05, 4.69) is 0 Å². The molecule has 0 radical (unpaired) electrons. The predicted molar refractivity (Wildman–Crippen MR) is 75.0 cm³/mol. The van der Waals surface area contributed by atoms with Crippen LogP contribution in [0.1, 0.15) is 11.1 Å². The van der Waals surface area contributed by atoms with Crippen LogP contribution in [0.4, 0.5) is 8.78 Å². The minimum atomic E-state index is -0.938. The average Bonchev–Trinajstić information content (AvgIpc) is 2.41. The molecule has 0 bridgehead atoms. The molecular formula is C14H11Cl2F2NO. The average molecular weight is 318 g/mol. The lowest BCUT2D eigenvalue weighted by molar-refractivity contribution is 0.294. The molecule has 2 N–H and O–H groups in total. The molecule has 2 aromatic rings. The topological polar surface area (TPSA) is 35.2 Å². The first-order valence-electron chi connectivity index (χ1n) is 5.76. The third-order valence-corrected chi connectivity index (χ3v) is 3.21. The summed E-state index contributed by atoms with van der Waals surface area (Å²) in [6, 6.07) is 7.00. The van der Waals surface area contributed by atoms with E-state index in [0.29, 0.717) is 16.3 Å². The van der Waals surface area contributed by atoms with Gasteiger partial charge in [-0.05, 0) is 18.2 Å². The Kier molecular flexibility index (Phi) is 4.81. The fourth-order valence-corrected chi connectivity index (χ4v) is 2.33. The van der Waals surface area contributed by atoms with Gasteiger partial charge >= 0.3 is 0 Å². The number of nitrogens with two attached hydrogens (primary N) is 1. The van der Waals surface area contributed by atoms with Crippen molar-refractivity contribution in [3.8, 4) is 5.75 Å². The standard InChI is InChI=1S/C14H11Cl2F2NO/c15-10-4-9(6-19)14(11(16)5-10)20-7-8-2-1-3-12(17)13(8)18/h1-5H,6-7,19H2. The Morgan fingerprint density at radius 2 is 1.85 bits per heavy atom. The zero-order valence-corrected chi connectivity index (χ0v) is 11.8. The van der Waals surface area contributed by atoms with Gasteiger partial charge in [0.2, 0.25) is 0 Å². The van der Waals surface area contributed by atoms with E-state index < -0.39 is 11.6 Å². The van der Waals surface area contributed by atoms with Gasteiger partial charge in [0.25, 0.3) is 0 Å². The largest absolute Gasteiger partial charge is 0.487 e. The molecule has 0 saturated carbocycles. The molecule has 0 aliphatic carbocycles. The molecule has 0 aromatic heterocycles. The van der Waals surface area contributed by atoms with Gasteiger partial charge in [-0.15, -0.1) is 0 Å². The molecule has 0 aliphatic heterocycles. The van der Waals surface area contributed by atoms with Crippen molar-refractivity contribution in [2.45, 2.75) is 13.2 Å². The lowest BCUT2D eigenvalue weighted by Gasteiger charge is -2.13. The zero-order chi connectivity index (χ0) is 14.7. The molecule has 6 heteroatoms. The van der Waals surface area contributed by atoms with E-state index in [1.807, 2.05) is 0 Å². The maximum Gasteiger partial charge on any atom is 0.165 e. The molecule has 0 saturated heterocycles. The van der Waals surface area contributed by atoms with Crippen molar-refractivity contribution in [1.82, 2.24) is 0 Å². The quantitative estimate of drug-likeness (QED) is 0.912. The number of hydrogen-bond donors (Lipinski definition) is 1. The molecular weight excluding hydrogens is 307 g/mol. The lowest BCUT2D eigenvalue weighted by Crippen LogP contribution is -2.05. The maximum atomic E-state index is 13.5. The highest BCUT2D eigenvalue weighted by atomic mass is 35.5. The van der Waals surface area contributed by atoms with Crippen LogP contribution in [-0.2, 0) is 13.2 Å². The summed E-state index contributed by atoms with van der Waals surface area (Å²) in [5.74, 6) is -1.54. The number of hydrogen-bond acceptors (Lipinski definition) is 2. The number of ether oxygens (including phenoxy) is 1. The molecule has 0 heterocycles. The van der Waals surface area contributed by atoms with Crippen LogP contribution in [0.15, 0.2) is 30.3 Å².